The Morgan fingerprint density at radius 1 is 1.13 bits per heavy atom. The fraction of sp³-hybridized carbons (Fsp3) is 0.273. The topological polar surface area (TPSA) is 94.9 Å². The monoisotopic (exact) mass is 540 g/mol. The second-order valence-electron chi connectivity index (χ2n) is 6.32. The Morgan fingerprint density at radius 3 is 2.58 bits per heavy atom. The molecule has 0 unspecified atom stereocenters. The van der Waals surface area contributed by atoms with Gasteiger partial charge in [0, 0.05) is 24.6 Å². The number of anilines is 1. The fourth-order valence-electron chi connectivity index (χ4n) is 2.76. The van der Waals surface area contributed by atoms with Gasteiger partial charge in [0.2, 0.25) is 5.89 Å². The van der Waals surface area contributed by atoms with Gasteiger partial charge in [0.15, 0.2) is 5.96 Å². The van der Waals surface area contributed by atoms with Crippen LogP contribution in [0.25, 0.3) is 11.5 Å². The fourth-order valence-corrected chi connectivity index (χ4v) is 2.76. The first-order valence-corrected chi connectivity index (χ1v) is 9.76. The Hall–Kier alpha value is -2.82. The van der Waals surface area contributed by atoms with Crippen molar-refractivity contribution in [3.8, 4) is 23.0 Å². The summed E-state index contributed by atoms with van der Waals surface area (Å²) < 4.78 is 29.7. The van der Waals surface area contributed by atoms with Gasteiger partial charge in [-0.15, -0.1) is 24.0 Å². The average Bonchev–Trinajstić information content (AvgIpc) is 3.20. The number of aliphatic imine (C=N–C) groups is 1. The van der Waals surface area contributed by atoms with Gasteiger partial charge in [-0.05, 0) is 50.2 Å². The van der Waals surface area contributed by atoms with E-state index in [9.17, 15) is 4.39 Å². The molecule has 0 radical (unpaired) electrons. The van der Waals surface area contributed by atoms with Gasteiger partial charge in [-0.3, -0.25) is 4.99 Å². The van der Waals surface area contributed by atoms with Gasteiger partial charge < -0.3 is 24.9 Å². The number of hydrogen-bond donors (Lipinski definition) is 2. The molecule has 0 atom stereocenters. The molecular weight excluding hydrogens is 514 g/mol. The average molecular weight is 540 g/mol. The van der Waals surface area contributed by atoms with Crippen LogP contribution in [0.3, 0.4) is 0 Å². The third-order valence-electron chi connectivity index (χ3n) is 4.12. The number of nitrogens with zero attached hydrogens (tertiary/aromatic N) is 2. The molecule has 31 heavy (non-hydrogen) atoms. The molecule has 3 aromatic rings. The highest BCUT2D eigenvalue weighted by molar-refractivity contribution is 14.0. The predicted molar refractivity (Wildman–Crippen MR) is 130 cm³/mol. The first-order chi connectivity index (χ1) is 14.6. The molecule has 0 saturated carbocycles. The molecule has 2 aromatic carbocycles. The Morgan fingerprint density at radius 2 is 1.87 bits per heavy atom. The zero-order chi connectivity index (χ0) is 21.3. The highest BCUT2D eigenvalue weighted by Gasteiger charge is 2.09. The molecule has 0 aliphatic heterocycles. The van der Waals surface area contributed by atoms with E-state index in [0.29, 0.717) is 54.8 Å². The number of oxazole rings is 1. The van der Waals surface area contributed by atoms with Crippen LogP contribution in [0, 0.1) is 5.82 Å². The maximum Gasteiger partial charge on any atom is 0.226 e. The van der Waals surface area contributed by atoms with Gasteiger partial charge in [0.25, 0.3) is 0 Å². The predicted octanol–water partition coefficient (Wildman–Crippen LogP) is 4.87. The molecule has 0 spiro atoms. The van der Waals surface area contributed by atoms with Crippen molar-refractivity contribution in [1.29, 1.82) is 0 Å². The van der Waals surface area contributed by atoms with Crippen LogP contribution >= 0.6 is 24.0 Å². The van der Waals surface area contributed by atoms with Crippen molar-refractivity contribution < 1.29 is 18.3 Å². The van der Waals surface area contributed by atoms with Gasteiger partial charge in [-0.25, -0.2) is 9.37 Å². The summed E-state index contributed by atoms with van der Waals surface area (Å²) in [5.74, 6) is 1.77. The van der Waals surface area contributed by atoms with E-state index in [1.54, 1.807) is 18.4 Å². The number of benzene rings is 2. The van der Waals surface area contributed by atoms with Crippen molar-refractivity contribution in [2.75, 3.05) is 25.1 Å². The minimum atomic E-state index is -0.304. The molecule has 3 N–H and O–H groups in total. The van der Waals surface area contributed by atoms with Gasteiger partial charge in [0.05, 0.1) is 24.6 Å². The molecule has 7 nitrogen and oxygen atoms in total. The summed E-state index contributed by atoms with van der Waals surface area (Å²) in [6.45, 7) is 5.35. The molecule has 0 amide bonds. The van der Waals surface area contributed by atoms with Crippen LogP contribution in [0.5, 0.6) is 11.5 Å². The third kappa shape index (κ3) is 7.12. The van der Waals surface area contributed by atoms with E-state index < -0.39 is 0 Å². The van der Waals surface area contributed by atoms with Crippen molar-refractivity contribution >= 4 is 35.6 Å². The van der Waals surface area contributed by atoms with E-state index in [4.69, 9.17) is 19.6 Å². The molecule has 0 aliphatic rings. The van der Waals surface area contributed by atoms with Crippen LogP contribution in [-0.4, -0.2) is 30.7 Å². The standard InChI is InChI=1S/C22H25FN4O3.HI/c1-3-28-18-9-10-20(29-4-2)19(13-18)27-22(24)25-12-11-17-14-30-21(26-17)15-5-7-16(23)8-6-15;/h5-10,13-14H,3-4,11-12H2,1-2H3,(H3,24,25,27);1H. The molecule has 0 aliphatic carbocycles. The summed E-state index contributed by atoms with van der Waals surface area (Å²) in [5, 5.41) is 3.06. The van der Waals surface area contributed by atoms with Crippen LogP contribution in [0.15, 0.2) is 58.1 Å². The number of halogens is 2. The number of nitrogens with two attached hydrogens (primary N) is 1. The lowest BCUT2D eigenvalue weighted by atomic mass is 10.2. The molecule has 166 valence electrons. The second kappa shape index (κ2) is 12.1. The minimum Gasteiger partial charge on any atom is -0.494 e. The minimum absolute atomic E-state index is 0. The summed E-state index contributed by atoms with van der Waals surface area (Å²) in [6, 6.07) is 11.5. The van der Waals surface area contributed by atoms with Crippen LogP contribution in [0.4, 0.5) is 10.1 Å². The van der Waals surface area contributed by atoms with E-state index in [2.05, 4.69) is 15.3 Å². The van der Waals surface area contributed by atoms with Crippen molar-refractivity contribution in [3.63, 3.8) is 0 Å². The van der Waals surface area contributed by atoms with E-state index in [0.717, 1.165) is 5.69 Å². The number of aromatic nitrogens is 1. The molecule has 0 bridgehead atoms. The van der Waals surface area contributed by atoms with E-state index in [1.807, 2.05) is 32.0 Å². The first-order valence-electron chi connectivity index (χ1n) is 9.76. The van der Waals surface area contributed by atoms with Gasteiger partial charge in [-0.1, -0.05) is 0 Å². The van der Waals surface area contributed by atoms with Gasteiger partial charge >= 0.3 is 0 Å². The number of ether oxygens (including phenoxy) is 2. The van der Waals surface area contributed by atoms with Crippen LogP contribution in [0.1, 0.15) is 19.5 Å². The summed E-state index contributed by atoms with van der Waals surface area (Å²) in [5.41, 5.74) is 8.17. The molecule has 1 heterocycles. The highest BCUT2D eigenvalue weighted by Crippen LogP contribution is 2.29. The number of nitrogens with one attached hydrogen (secondary N) is 1. The molecule has 0 saturated heterocycles. The maximum absolute atomic E-state index is 13.0. The Labute approximate surface area is 197 Å². The van der Waals surface area contributed by atoms with Crippen molar-refractivity contribution in [1.82, 2.24) is 4.98 Å². The number of rotatable bonds is 9. The number of guanidine groups is 1. The Kier molecular flexibility index (Phi) is 9.57. The maximum atomic E-state index is 13.0. The summed E-state index contributed by atoms with van der Waals surface area (Å²) in [6.07, 6.45) is 2.11. The number of hydrogen-bond acceptors (Lipinski definition) is 5. The van der Waals surface area contributed by atoms with E-state index >= 15 is 0 Å². The first kappa shape index (κ1) is 24.4. The molecule has 9 heteroatoms. The van der Waals surface area contributed by atoms with Crippen LogP contribution in [0.2, 0.25) is 0 Å². The summed E-state index contributed by atoms with van der Waals surface area (Å²) >= 11 is 0. The quantitative estimate of drug-likeness (QED) is 0.229. The SMILES string of the molecule is CCOc1ccc(OCC)c(NC(N)=NCCc2coc(-c3ccc(F)cc3)n2)c1.I. The normalized spacial score (nSPS) is 11.0. The smallest absolute Gasteiger partial charge is 0.226 e. The van der Waals surface area contributed by atoms with Crippen molar-refractivity contribution in [2.45, 2.75) is 20.3 Å². The van der Waals surface area contributed by atoms with E-state index in [-0.39, 0.29) is 35.8 Å². The van der Waals surface area contributed by atoms with E-state index in [1.165, 1.54) is 12.1 Å². The zero-order valence-corrected chi connectivity index (χ0v) is 19.8. The largest absolute Gasteiger partial charge is 0.494 e. The van der Waals surface area contributed by atoms with Gasteiger partial charge in [-0.2, -0.15) is 0 Å². The van der Waals surface area contributed by atoms with Crippen LogP contribution < -0.4 is 20.5 Å². The summed E-state index contributed by atoms with van der Waals surface area (Å²) in [4.78, 5) is 8.75. The van der Waals surface area contributed by atoms with Crippen molar-refractivity contribution in [3.05, 3.63) is 60.2 Å². The second-order valence-corrected chi connectivity index (χ2v) is 6.32. The third-order valence-corrected chi connectivity index (χ3v) is 4.12. The van der Waals surface area contributed by atoms with Crippen molar-refractivity contribution in [2.24, 2.45) is 10.7 Å². The van der Waals surface area contributed by atoms with Crippen LogP contribution in [-0.2, 0) is 6.42 Å². The summed E-state index contributed by atoms with van der Waals surface area (Å²) in [7, 11) is 0. The highest BCUT2D eigenvalue weighted by atomic mass is 127. The lowest BCUT2D eigenvalue weighted by molar-refractivity contribution is 0.332. The van der Waals surface area contributed by atoms with Gasteiger partial charge in [0.1, 0.15) is 23.6 Å². The Balaban J connectivity index is 0.00000341. The molecule has 0 fully saturated rings. The lowest BCUT2D eigenvalue weighted by Gasteiger charge is -2.13. The molecule has 3 rings (SSSR count). The zero-order valence-electron chi connectivity index (χ0n) is 17.4. The Bertz CT molecular complexity index is 993. The molecule has 1 aromatic heterocycles. The lowest BCUT2D eigenvalue weighted by Crippen LogP contribution is -2.23. The molecular formula is C22H26FIN4O3.